The van der Waals surface area contributed by atoms with Crippen molar-refractivity contribution >= 4 is 34.8 Å². The molecule has 1 N–H and O–H groups in total. The second-order valence-corrected chi connectivity index (χ2v) is 5.53. The Morgan fingerprint density at radius 1 is 1.14 bits per heavy atom. The lowest BCUT2D eigenvalue weighted by Crippen LogP contribution is -2.20. The number of carbonyl (C=O) groups excluding carboxylic acids is 1. The predicted molar refractivity (Wildman–Crippen MR) is 86.5 cm³/mol. The molecule has 0 unspecified atom stereocenters. The van der Waals surface area contributed by atoms with Crippen LogP contribution in [0.1, 0.15) is 11.1 Å². The standard InChI is InChI=1S/C16H15Cl2NO2/c1-10-7-12(17)8-11(2)16(10)21-9-15(20)19-14-6-4-3-5-13(14)18/h3-8H,9H2,1-2H3,(H,19,20). The second kappa shape index (κ2) is 6.83. The minimum Gasteiger partial charge on any atom is -0.483 e. The number of nitrogens with one attached hydrogen (secondary N) is 1. The predicted octanol–water partition coefficient (Wildman–Crippen LogP) is 4.63. The lowest BCUT2D eigenvalue weighted by Gasteiger charge is -2.13. The van der Waals surface area contributed by atoms with Gasteiger partial charge in [-0.2, -0.15) is 0 Å². The Morgan fingerprint density at radius 2 is 1.76 bits per heavy atom. The van der Waals surface area contributed by atoms with Gasteiger partial charge in [0.15, 0.2) is 6.61 Å². The Hall–Kier alpha value is -1.71. The van der Waals surface area contributed by atoms with Gasteiger partial charge in [0.25, 0.3) is 5.91 Å². The van der Waals surface area contributed by atoms with Crippen LogP contribution in [0.4, 0.5) is 5.69 Å². The summed E-state index contributed by atoms with van der Waals surface area (Å²) in [7, 11) is 0. The Labute approximate surface area is 133 Å². The maximum Gasteiger partial charge on any atom is 0.262 e. The molecule has 1 amide bonds. The van der Waals surface area contributed by atoms with Crippen LogP contribution in [0.2, 0.25) is 10.0 Å². The van der Waals surface area contributed by atoms with Crippen molar-refractivity contribution in [3.63, 3.8) is 0 Å². The molecule has 0 saturated carbocycles. The molecular weight excluding hydrogens is 309 g/mol. The number of para-hydroxylation sites is 1. The lowest BCUT2D eigenvalue weighted by atomic mass is 10.1. The maximum atomic E-state index is 11.9. The zero-order valence-corrected chi connectivity index (χ0v) is 13.3. The number of carbonyl (C=O) groups is 1. The largest absolute Gasteiger partial charge is 0.483 e. The first-order chi connectivity index (χ1) is 9.97. The molecule has 0 aliphatic heterocycles. The molecule has 0 aliphatic rings. The van der Waals surface area contributed by atoms with Gasteiger partial charge < -0.3 is 10.1 Å². The molecule has 3 nitrogen and oxygen atoms in total. The Morgan fingerprint density at radius 3 is 2.38 bits per heavy atom. The summed E-state index contributed by atoms with van der Waals surface area (Å²) >= 11 is 11.9. The number of ether oxygens (including phenoxy) is 1. The molecule has 0 fully saturated rings. The molecule has 0 radical (unpaired) electrons. The van der Waals surface area contributed by atoms with Gasteiger partial charge in [-0.3, -0.25) is 4.79 Å². The van der Waals surface area contributed by atoms with E-state index in [2.05, 4.69) is 5.32 Å². The summed E-state index contributed by atoms with van der Waals surface area (Å²) in [5.74, 6) is 0.408. The van der Waals surface area contributed by atoms with Crippen LogP contribution >= 0.6 is 23.2 Å². The first-order valence-electron chi connectivity index (χ1n) is 6.41. The van der Waals surface area contributed by atoms with Crippen LogP contribution in [0.5, 0.6) is 5.75 Å². The van der Waals surface area contributed by atoms with Gasteiger partial charge in [-0.15, -0.1) is 0 Å². The van der Waals surface area contributed by atoms with E-state index in [9.17, 15) is 4.79 Å². The number of hydrogen-bond donors (Lipinski definition) is 1. The number of amides is 1. The van der Waals surface area contributed by atoms with Crippen LogP contribution in [0, 0.1) is 13.8 Å². The van der Waals surface area contributed by atoms with Crippen molar-refractivity contribution in [2.45, 2.75) is 13.8 Å². The molecular formula is C16H15Cl2NO2. The number of hydrogen-bond acceptors (Lipinski definition) is 2. The van der Waals surface area contributed by atoms with Crippen molar-refractivity contribution in [1.29, 1.82) is 0 Å². The van der Waals surface area contributed by atoms with Gasteiger partial charge in [0.1, 0.15) is 5.75 Å². The fraction of sp³-hybridized carbons (Fsp3) is 0.188. The van der Waals surface area contributed by atoms with E-state index in [0.717, 1.165) is 11.1 Å². The summed E-state index contributed by atoms with van der Waals surface area (Å²) in [5.41, 5.74) is 2.36. The number of benzene rings is 2. The molecule has 0 aromatic heterocycles. The highest BCUT2D eigenvalue weighted by Gasteiger charge is 2.10. The molecule has 0 saturated heterocycles. The molecule has 0 bridgehead atoms. The fourth-order valence-corrected chi connectivity index (χ4v) is 2.52. The van der Waals surface area contributed by atoms with Crippen LogP contribution in [-0.4, -0.2) is 12.5 Å². The van der Waals surface area contributed by atoms with Crippen LogP contribution in [0.15, 0.2) is 36.4 Å². The van der Waals surface area contributed by atoms with Gasteiger partial charge in [0.05, 0.1) is 10.7 Å². The number of rotatable bonds is 4. The van der Waals surface area contributed by atoms with Crippen molar-refractivity contribution in [3.8, 4) is 5.75 Å². The highest BCUT2D eigenvalue weighted by molar-refractivity contribution is 6.33. The van der Waals surface area contributed by atoms with Crippen LogP contribution in [-0.2, 0) is 4.79 Å². The normalized spacial score (nSPS) is 10.3. The van der Waals surface area contributed by atoms with Crippen LogP contribution in [0.25, 0.3) is 0 Å². The van der Waals surface area contributed by atoms with Crippen LogP contribution in [0.3, 0.4) is 0 Å². The Bertz CT molecular complexity index is 648. The van der Waals surface area contributed by atoms with Gasteiger partial charge in [0, 0.05) is 5.02 Å². The van der Waals surface area contributed by atoms with Crippen molar-refractivity contribution in [1.82, 2.24) is 0 Å². The monoisotopic (exact) mass is 323 g/mol. The molecule has 110 valence electrons. The molecule has 0 aliphatic carbocycles. The molecule has 0 heterocycles. The van der Waals surface area contributed by atoms with E-state index >= 15 is 0 Å². The first kappa shape index (κ1) is 15.7. The minimum absolute atomic E-state index is 0.0888. The summed E-state index contributed by atoms with van der Waals surface area (Å²) in [6, 6.07) is 10.7. The van der Waals surface area contributed by atoms with Gasteiger partial charge in [0.2, 0.25) is 0 Å². The van der Waals surface area contributed by atoms with Crippen LogP contribution < -0.4 is 10.1 Å². The molecule has 2 aromatic carbocycles. The zero-order chi connectivity index (χ0) is 15.4. The Balaban J connectivity index is 2.01. The SMILES string of the molecule is Cc1cc(Cl)cc(C)c1OCC(=O)Nc1ccccc1Cl. The van der Waals surface area contributed by atoms with Crippen molar-refractivity contribution in [2.24, 2.45) is 0 Å². The average molecular weight is 324 g/mol. The van der Waals surface area contributed by atoms with E-state index in [1.54, 1.807) is 36.4 Å². The van der Waals surface area contributed by atoms with Gasteiger partial charge in [-0.1, -0.05) is 35.3 Å². The van der Waals surface area contributed by atoms with E-state index in [-0.39, 0.29) is 12.5 Å². The van der Waals surface area contributed by atoms with Crippen molar-refractivity contribution in [2.75, 3.05) is 11.9 Å². The quantitative estimate of drug-likeness (QED) is 0.890. The zero-order valence-electron chi connectivity index (χ0n) is 11.7. The first-order valence-corrected chi connectivity index (χ1v) is 7.17. The summed E-state index contributed by atoms with van der Waals surface area (Å²) in [6.07, 6.45) is 0. The van der Waals surface area contributed by atoms with Gasteiger partial charge in [-0.05, 0) is 49.2 Å². The third-order valence-corrected chi connectivity index (χ3v) is 3.47. The summed E-state index contributed by atoms with van der Waals surface area (Å²) in [5, 5.41) is 3.85. The van der Waals surface area contributed by atoms with Crippen molar-refractivity contribution in [3.05, 3.63) is 57.6 Å². The molecule has 2 aromatic rings. The summed E-state index contributed by atoms with van der Waals surface area (Å²) in [6.45, 7) is 3.69. The smallest absolute Gasteiger partial charge is 0.262 e. The highest BCUT2D eigenvalue weighted by atomic mass is 35.5. The molecule has 5 heteroatoms. The summed E-state index contributed by atoms with van der Waals surface area (Å²) in [4.78, 5) is 11.9. The molecule has 0 atom stereocenters. The third kappa shape index (κ3) is 4.13. The highest BCUT2D eigenvalue weighted by Crippen LogP contribution is 2.27. The number of halogens is 2. The van der Waals surface area contributed by atoms with Gasteiger partial charge >= 0.3 is 0 Å². The minimum atomic E-state index is -0.267. The van der Waals surface area contributed by atoms with Crippen molar-refractivity contribution < 1.29 is 9.53 Å². The molecule has 0 spiro atoms. The lowest BCUT2D eigenvalue weighted by molar-refractivity contribution is -0.118. The topological polar surface area (TPSA) is 38.3 Å². The third-order valence-electron chi connectivity index (χ3n) is 2.92. The number of aryl methyl sites for hydroxylation is 2. The number of anilines is 1. The summed E-state index contributed by atoms with van der Waals surface area (Å²) < 4.78 is 5.58. The molecule has 2 rings (SSSR count). The van der Waals surface area contributed by atoms with E-state index in [4.69, 9.17) is 27.9 Å². The molecule has 21 heavy (non-hydrogen) atoms. The van der Waals surface area contributed by atoms with E-state index in [0.29, 0.717) is 21.5 Å². The van der Waals surface area contributed by atoms with E-state index < -0.39 is 0 Å². The average Bonchev–Trinajstić information content (AvgIpc) is 2.40. The van der Waals surface area contributed by atoms with E-state index in [1.165, 1.54) is 0 Å². The fourth-order valence-electron chi connectivity index (χ4n) is 2.01. The second-order valence-electron chi connectivity index (χ2n) is 4.69. The van der Waals surface area contributed by atoms with Gasteiger partial charge in [-0.25, -0.2) is 0 Å². The Kier molecular flexibility index (Phi) is 5.10. The van der Waals surface area contributed by atoms with E-state index in [1.807, 2.05) is 13.8 Å². The maximum absolute atomic E-state index is 11.9.